The fourth-order valence-electron chi connectivity index (χ4n) is 3.66. The van der Waals surface area contributed by atoms with Crippen molar-refractivity contribution in [1.29, 1.82) is 0 Å². The number of halogens is 3. The monoisotopic (exact) mass is 500 g/mol. The minimum absolute atomic E-state index is 0.0232. The smallest absolute Gasteiger partial charge is 0.387 e. The van der Waals surface area contributed by atoms with Crippen molar-refractivity contribution in [2.24, 2.45) is 0 Å². The molecule has 0 saturated carbocycles. The van der Waals surface area contributed by atoms with Crippen molar-refractivity contribution >= 4 is 11.8 Å². The van der Waals surface area contributed by atoms with Gasteiger partial charge in [0.1, 0.15) is 17.3 Å². The third kappa shape index (κ3) is 5.05. The predicted octanol–water partition coefficient (Wildman–Crippen LogP) is 5.30. The van der Waals surface area contributed by atoms with Crippen molar-refractivity contribution in [1.82, 2.24) is 14.9 Å². The number of alkyl halides is 2. The SMILES string of the molecule is Nn1c(SCc2cc(F)cc3c2OC(c2ccccc2)OC3)nnc1-c1ccc(OC(F)F)cc1. The summed E-state index contributed by atoms with van der Waals surface area (Å²) in [5, 5.41) is 8.60. The summed E-state index contributed by atoms with van der Waals surface area (Å²) in [7, 11) is 0. The summed E-state index contributed by atoms with van der Waals surface area (Å²) in [5.41, 5.74) is 2.68. The Bertz CT molecular complexity index is 1320. The van der Waals surface area contributed by atoms with E-state index in [4.69, 9.17) is 15.3 Å². The first-order valence-corrected chi connectivity index (χ1v) is 11.5. The zero-order valence-electron chi connectivity index (χ0n) is 18.1. The van der Waals surface area contributed by atoms with Crippen LogP contribution in [0.5, 0.6) is 11.5 Å². The Balaban J connectivity index is 1.33. The molecule has 1 unspecified atom stereocenters. The highest BCUT2D eigenvalue weighted by Crippen LogP contribution is 2.39. The molecular formula is C24H19F3N4O3S. The van der Waals surface area contributed by atoms with Crippen molar-refractivity contribution < 1.29 is 27.4 Å². The Labute approximate surface area is 202 Å². The number of nitrogens with two attached hydrogens (primary N) is 1. The molecule has 0 bridgehead atoms. The van der Waals surface area contributed by atoms with Gasteiger partial charge in [-0.15, -0.1) is 10.2 Å². The van der Waals surface area contributed by atoms with Gasteiger partial charge in [0.15, 0.2) is 5.82 Å². The van der Waals surface area contributed by atoms with Crippen LogP contribution in [-0.2, 0) is 17.1 Å². The average molecular weight is 501 g/mol. The Morgan fingerprint density at radius 1 is 1.09 bits per heavy atom. The molecule has 4 aromatic rings. The largest absolute Gasteiger partial charge is 0.460 e. The van der Waals surface area contributed by atoms with Crippen molar-refractivity contribution in [2.75, 3.05) is 5.84 Å². The quantitative estimate of drug-likeness (QED) is 0.272. The van der Waals surface area contributed by atoms with Crippen LogP contribution in [-0.4, -0.2) is 21.5 Å². The highest BCUT2D eigenvalue weighted by atomic mass is 32.2. The lowest BCUT2D eigenvalue weighted by molar-refractivity contribution is -0.112. The molecule has 1 aliphatic heterocycles. The zero-order valence-corrected chi connectivity index (χ0v) is 18.9. The van der Waals surface area contributed by atoms with Crippen LogP contribution in [0.1, 0.15) is 23.0 Å². The summed E-state index contributed by atoms with van der Waals surface area (Å²) in [4.78, 5) is 0. The summed E-state index contributed by atoms with van der Waals surface area (Å²) in [6.45, 7) is -2.69. The Hall–Kier alpha value is -3.70. The van der Waals surface area contributed by atoms with E-state index in [0.29, 0.717) is 39.2 Å². The van der Waals surface area contributed by atoms with Gasteiger partial charge in [0.05, 0.1) is 6.61 Å². The van der Waals surface area contributed by atoms with Crippen LogP contribution in [0, 0.1) is 5.82 Å². The molecule has 2 heterocycles. The van der Waals surface area contributed by atoms with E-state index in [2.05, 4.69) is 14.9 Å². The molecule has 11 heteroatoms. The number of thioether (sulfide) groups is 1. The van der Waals surface area contributed by atoms with Crippen LogP contribution in [0.25, 0.3) is 11.4 Å². The van der Waals surface area contributed by atoms with Crippen LogP contribution in [0.4, 0.5) is 13.2 Å². The maximum absolute atomic E-state index is 14.3. The maximum Gasteiger partial charge on any atom is 0.387 e. The van der Waals surface area contributed by atoms with Gasteiger partial charge in [-0.2, -0.15) is 8.78 Å². The fraction of sp³-hybridized carbons (Fsp3) is 0.167. The number of hydrogen-bond donors (Lipinski definition) is 1. The van der Waals surface area contributed by atoms with Crippen LogP contribution in [0.15, 0.2) is 71.9 Å². The molecule has 35 heavy (non-hydrogen) atoms. The predicted molar refractivity (Wildman–Crippen MR) is 123 cm³/mol. The van der Waals surface area contributed by atoms with Gasteiger partial charge in [-0.05, 0) is 36.4 Å². The lowest BCUT2D eigenvalue weighted by Crippen LogP contribution is -2.19. The van der Waals surface area contributed by atoms with Crippen LogP contribution >= 0.6 is 11.8 Å². The molecule has 2 N–H and O–H groups in total. The highest BCUT2D eigenvalue weighted by molar-refractivity contribution is 7.98. The molecule has 1 atom stereocenters. The molecule has 0 amide bonds. The second-order valence-corrected chi connectivity index (χ2v) is 8.53. The number of ether oxygens (including phenoxy) is 3. The number of fused-ring (bicyclic) bond motifs is 1. The molecule has 0 spiro atoms. The van der Waals surface area contributed by atoms with Crippen molar-refractivity contribution in [3.8, 4) is 22.9 Å². The number of rotatable bonds is 7. The highest BCUT2D eigenvalue weighted by Gasteiger charge is 2.25. The molecule has 3 aromatic carbocycles. The van der Waals surface area contributed by atoms with E-state index >= 15 is 0 Å². The third-order valence-electron chi connectivity index (χ3n) is 5.25. The standard InChI is InChI=1S/C24H19F3N4O3S/c25-18-10-16-12-32-22(15-4-2-1-3-5-15)34-20(16)17(11-18)13-35-24-30-29-21(31(24)28)14-6-8-19(9-7-14)33-23(26)27/h1-11,22-23H,12-13,28H2. The van der Waals surface area contributed by atoms with E-state index < -0.39 is 18.7 Å². The lowest BCUT2D eigenvalue weighted by Gasteiger charge is -2.28. The molecule has 0 radical (unpaired) electrons. The van der Waals surface area contributed by atoms with E-state index in [1.807, 2.05) is 30.3 Å². The van der Waals surface area contributed by atoms with Gasteiger partial charge in [0.2, 0.25) is 11.4 Å². The molecule has 1 aliphatic rings. The van der Waals surface area contributed by atoms with Gasteiger partial charge in [0, 0.05) is 28.0 Å². The third-order valence-corrected chi connectivity index (χ3v) is 6.25. The van der Waals surface area contributed by atoms with Crippen LogP contribution in [0.3, 0.4) is 0 Å². The van der Waals surface area contributed by atoms with Gasteiger partial charge in [-0.1, -0.05) is 42.1 Å². The average Bonchev–Trinajstić information content (AvgIpc) is 3.23. The van der Waals surface area contributed by atoms with Gasteiger partial charge in [-0.25, -0.2) is 9.07 Å². The van der Waals surface area contributed by atoms with E-state index in [1.165, 1.54) is 40.7 Å². The number of nitrogen functional groups attached to an aromatic ring is 1. The molecule has 5 rings (SSSR count). The molecule has 7 nitrogen and oxygen atoms in total. The summed E-state index contributed by atoms with van der Waals surface area (Å²) < 4.78 is 56.5. The summed E-state index contributed by atoms with van der Waals surface area (Å²) in [5.74, 6) is 7.03. The first-order valence-electron chi connectivity index (χ1n) is 10.5. The zero-order chi connectivity index (χ0) is 24.4. The fourth-order valence-corrected chi connectivity index (χ4v) is 4.48. The molecule has 1 aromatic heterocycles. The van der Waals surface area contributed by atoms with E-state index in [9.17, 15) is 13.2 Å². The Morgan fingerprint density at radius 2 is 1.86 bits per heavy atom. The van der Waals surface area contributed by atoms with Gasteiger partial charge in [-0.3, -0.25) is 0 Å². The summed E-state index contributed by atoms with van der Waals surface area (Å²) >= 11 is 1.26. The molecule has 180 valence electrons. The molecule has 0 aliphatic carbocycles. The van der Waals surface area contributed by atoms with E-state index in [1.54, 1.807) is 12.1 Å². The maximum atomic E-state index is 14.3. The van der Waals surface area contributed by atoms with Crippen molar-refractivity contribution in [2.45, 2.75) is 30.4 Å². The van der Waals surface area contributed by atoms with Crippen molar-refractivity contribution in [3.63, 3.8) is 0 Å². The van der Waals surface area contributed by atoms with Gasteiger partial charge < -0.3 is 20.1 Å². The van der Waals surface area contributed by atoms with Crippen LogP contribution in [0.2, 0.25) is 0 Å². The van der Waals surface area contributed by atoms with Gasteiger partial charge in [0.25, 0.3) is 0 Å². The number of hydrogen-bond acceptors (Lipinski definition) is 7. The molecular weight excluding hydrogens is 481 g/mol. The topological polar surface area (TPSA) is 84.4 Å². The van der Waals surface area contributed by atoms with Gasteiger partial charge >= 0.3 is 6.61 Å². The minimum atomic E-state index is -2.91. The second-order valence-electron chi connectivity index (χ2n) is 7.59. The van der Waals surface area contributed by atoms with E-state index in [-0.39, 0.29) is 12.4 Å². The first-order chi connectivity index (χ1) is 17.0. The Kier molecular flexibility index (Phi) is 6.51. The van der Waals surface area contributed by atoms with E-state index in [0.717, 1.165) is 5.56 Å². The van der Waals surface area contributed by atoms with Crippen molar-refractivity contribution in [3.05, 3.63) is 89.2 Å². The lowest BCUT2D eigenvalue weighted by atomic mass is 10.1. The minimum Gasteiger partial charge on any atom is -0.460 e. The summed E-state index contributed by atoms with van der Waals surface area (Å²) in [6.07, 6.45) is -0.598. The number of benzene rings is 3. The molecule has 0 saturated heterocycles. The second kappa shape index (κ2) is 9.88. The number of nitrogens with zero attached hydrogens (tertiary/aromatic N) is 3. The Morgan fingerprint density at radius 3 is 2.60 bits per heavy atom. The van der Waals surface area contributed by atoms with Crippen LogP contribution < -0.4 is 15.3 Å². The first kappa shape index (κ1) is 23.1. The normalized spacial score (nSPS) is 15.0. The summed E-state index contributed by atoms with van der Waals surface area (Å²) in [6, 6.07) is 18.2. The molecule has 0 fully saturated rings. The number of aromatic nitrogens is 3.